The number of aliphatic carboxylic acids is 1. The second-order valence-corrected chi connectivity index (χ2v) is 3.72. The summed E-state index contributed by atoms with van der Waals surface area (Å²) in [6, 6.07) is 0. The molecule has 0 saturated carbocycles. The molecule has 1 aromatic rings. The van der Waals surface area contributed by atoms with Crippen LogP contribution in [0.1, 0.15) is 18.1 Å². The Hall–Kier alpha value is -2.38. The maximum atomic E-state index is 11.6. The van der Waals surface area contributed by atoms with Gasteiger partial charge in [-0.3, -0.25) is 4.79 Å². The Morgan fingerprint density at radius 1 is 1.61 bits per heavy atom. The van der Waals surface area contributed by atoms with Crippen LogP contribution in [0.2, 0.25) is 0 Å². The first-order valence-electron chi connectivity index (χ1n) is 5.21. The summed E-state index contributed by atoms with van der Waals surface area (Å²) < 4.78 is 5.17. The minimum Gasteiger partial charge on any atom is -0.477 e. The van der Waals surface area contributed by atoms with Crippen molar-refractivity contribution >= 4 is 17.6 Å². The summed E-state index contributed by atoms with van der Waals surface area (Å²) in [5, 5.41) is 14.5. The van der Waals surface area contributed by atoms with Gasteiger partial charge in [0.2, 0.25) is 12.0 Å². The number of aryl methyl sites for hydroxylation is 1. The van der Waals surface area contributed by atoms with Gasteiger partial charge in [-0.25, -0.2) is 9.78 Å². The monoisotopic (exact) mass is 253 g/mol. The van der Waals surface area contributed by atoms with Crippen molar-refractivity contribution in [3.05, 3.63) is 17.8 Å². The van der Waals surface area contributed by atoms with Crippen LogP contribution in [0, 0.1) is 6.92 Å². The lowest BCUT2D eigenvalue weighted by Gasteiger charge is -2.07. The first-order chi connectivity index (χ1) is 8.56. The molecule has 0 saturated heterocycles. The minimum absolute atomic E-state index is 0.0498. The number of carboxylic acid groups (broad SMARTS) is 1. The maximum absolute atomic E-state index is 11.6. The Morgan fingerprint density at radius 2 is 2.39 bits per heavy atom. The van der Waals surface area contributed by atoms with Crippen molar-refractivity contribution in [3.63, 3.8) is 0 Å². The van der Waals surface area contributed by atoms with E-state index in [2.05, 4.69) is 15.5 Å². The molecule has 2 N–H and O–H groups in total. The van der Waals surface area contributed by atoms with Crippen LogP contribution in [0.5, 0.6) is 0 Å². The van der Waals surface area contributed by atoms with Gasteiger partial charge in [-0.05, 0) is 6.92 Å². The number of carboxylic acids is 1. The van der Waals surface area contributed by atoms with E-state index in [1.807, 2.05) is 0 Å². The number of hydrogen-bond donors (Lipinski definition) is 2. The van der Waals surface area contributed by atoms with E-state index in [0.29, 0.717) is 11.7 Å². The summed E-state index contributed by atoms with van der Waals surface area (Å²) in [4.78, 5) is 30.8. The highest BCUT2D eigenvalue weighted by atomic mass is 16.6. The van der Waals surface area contributed by atoms with Crippen LogP contribution in [0.25, 0.3) is 0 Å². The van der Waals surface area contributed by atoms with Crippen LogP contribution in [-0.4, -0.2) is 33.8 Å². The van der Waals surface area contributed by atoms with Gasteiger partial charge < -0.3 is 19.7 Å². The fraction of sp³-hybridized carbons (Fsp3) is 0.400. The molecule has 1 aliphatic heterocycles. The normalized spacial score (nSPS) is 18.1. The van der Waals surface area contributed by atoms with Crippen molar-refractivity contribution in [3.8, 4) is 0 Å². The minimum atomic E-state index is -1.19. The van der Waals surface area contributed by atoms with Crippen molar-refractivity contribution in [2.75, 3.05) is 0 Å². The number of oxazole rings is 1. The molecule has 0 fully saturated rings. The Bertz CT molecular complexity index is 507. The summed E-state index contributed by atoms with van der Waals surface area (Å²) >= 11 is 0. The van der Waals surface area contributed by atoms with Crippen LogP contribution in [-0.2, 0) is 21.0 Å². The summed E-state index contributed by atoms with van der Waals surface area (Å²) in [6.07, 6.45) is 0.581. The molecule has 2 heterocycles. The Labute approximate surface area is 102 Å². The molecule has 1 aliphatic rings. The smallest absolute Gasteiger partial charge is 0.353 e. The summed E-state index contributed by atoms with van der Waals surface area (Å²) in [7, 11) is 0. The quantitative estimate of drug-likeness (QED) is 0.769. The largest absolute Gasteiger partial charge is 0.477 e. The number of carbonyl (C=O) groups excluding carboxylic acids is 1. The van der Waals surface area contributed by atoms with E-state index < -0.39 is 18.0 Å². The second-order valence-electron chi connectivity index (χ2n) is 3.72. The van der Waals surface area contributed by atoms with Gasteiger partial charge in [0.1, 0.15) is 5.76 Å². The number of rotatable bonds is 4. The molecule has 1 atom stereocenters. The van der Waals surface area contributed by atoms with Crippen molar-refractivity contribution in [2.24, 2.45) is 5.16 Å². The summed E-state index contributed by atoms with van der Waals surface area (Å²) in [5.74, 6) is -0.620. The highest BCUT2D eigenvalue weighted by Crippen LogP contribution is 2.11. The third-order valence-corrected chi connectivity index (χ3v) is 2.29. The molecule has 8 heteroatoms. The van der Waals surface area contributed by atoms with E-state index in [0.717, 1.165) is 0 Å². The Kier molecular flexibility index (Phi) is 3.26. The van der Waals surface area contributed by atoms with Gasteiger partial charge in [-0.15, -0.1) is 0 Å². The van der Waals surface area contributed by atoms with Gasteiger partial charge in [0.05, 0.1) is 12.7 Å². The molecule has 1 unspecified atom stereocenters. The lowest BCUT2D eigenvalue weighted by molar-refractivity contribution is -0.131. The first kappa shape index (κ1) is 12.1. The van der Waals surface area contributed by atoms with Crippen molar-refractivity contribution in [1.29, 1.82) is 0 Å². The van der Waals surface area contributed by atoms with E-state index in [9.17, 15) is 9.59 Å². The molecule has 8 nitrogen and oxygen atoms in total. The molecule has 2 rings (SSSR count). The average Bonchev–Trinajstić information content (AvgIpc) is 2.94. The highest BCUT2D eigenvalue weighted by Gasteiger charge is 2.31. The molecule has 96 valence electrons. The molecule has 0 spiro atoms. The Morgan fingerprint density at radius 3 is 2.94 bits per heavy atom. The van der Waals surface area contributed by atoms with Gasteiger partial charge in [-0.2, -0.15) is 0 Å². The molecule has 0 aliphatic carbocycles. The molecular formula is C10H11N3O5. The number of amides is 1. The highest BCUT2D eigenvalue weighted by molar-refractivity contribution is 6.36. The second kappa shape index (κ2) is 4.86. The zero-order valence-electron chi connectivity index (χ0n) is 9.54. The van der Waals surface area contributed by atoms with Crippen LogP contribution in [0.3, 0.4) is 0 Å². The fourth-order valence-corrected chi connectivity index (χ4v) is 1.40. The van der Waals surface area contributed by atoms with Crippen LogP contribution in [0.4, 0.5) is 0 Å². The van der Waals surface area contributed by atoms with E-state index in [-0.39, 0.29) is 18.7 Å². The van der Waals surface area contributed by atoms with Gasteiger partial charge in [0.15, 0.2) is 5.71 Å². The topological polar surface area (TPSA) is 114 Å². The van der Waals surface area contributed by atoms with Crippen molar-refractivity contribution in [2.45, 2.75) is 26.0 Å². The number of oxime groups is 1. The molecule has 1 aromatic heterocycles. The van der Waals surface area contributed by atoms with Crippen LogP contribution < -0.4 is 5.32 Å². The lowest BCUT2D eigenvalue weighted by Crippen LogP contribution is -2.34. The number of hydrogen-bond acceptors (Lipinski definition) is 6. The van der Waals surface area contributed by atoms with E-state index in [1.54, 1.807) is 13.1 Å². The predicted molar refractivity (Wildman–Crippen MR) is 57.6 cm³/mol. The molecule has 0 bridgehead atoms. The first-order valence-corrected chi connectivity index (χ1v) is 5.21. The third-order valence-electron chi connectivity index (χ3n) is 2.29. The van der Waals surface area contributed by atoms with Crippen molar-refractivity contribution in [1.82, 2.24) is 10.3 Å². The molecule has 18 heavy (non-hydrogen) atoms. The maximum Gasteiger partial charge on any atom is 0.353 e. The molecule has 1 amide bonds. The SMILES string of the molecule is Cc1cnc(CNC(=O)C2CC(C(=O)O)=NO2)o1. The molecular weight excluding hydrogens is 242 g/mol. The van der Waals surface area contributed by atoms with Gasteiger partial charge in [-0.1, -0.05) is 5.16 Å². The lowest BCUT2D eigenvalue weighted by atomic mass is 10.2. The van der Waals surface area contributed by atoms with Gasteiger partial charge >= 0.3 is 5.97 Å². The van der Waals surface area contributed by atoms with Crippen molar-refractivity contribution < 1.29 is 24.0 Å². The van der Waals surface area contributed by atoms with E-state index >= 15 is 0 Å². The van der Waals surface area contributed by atoms with Crippen LogP contribution in [0.15, 0.2) is 15.8 Å². The number of nitrogens with zero attached hydrogens (tertiary/aromatic N) is 2. The zero-order chi connectivity index (χ0) is 13.1. The third kappa shape index (κ3) is 2.65. The standard InChI is InChI=1S/C10H11N3O5/c1-5-3-11-8(17-5)4-12-9(14)7-2-6(10(15)16)13-18-7/h3,7H,2,4H2,1H3,(H,12,14)(H,15,16). The fourth-order valence-electron chi connectivity index (χ4n) is 1.40. The van der Waals surface area contributed by atoms with Crippen LogP contribution >= 0.6 is 0 Å². The number of nitrogens with one attached hydrogen (secondary N) is 1. The van der Waals surface area contributed by atoms with Gasteiger partial charge in [0.25, 0.3) is 5.91 Å². The summed E-state index contributed by atoms with van der Waals surface area (Å²) in [6.45, 7) is 1.86. The molecule has 0 aromatic carbocycles. The van der Waals surface area contributed by atoms with E-state index in [4.69, 9.17) is 14.4 Å². The average molecular weight is 253 g/mol. The van der Waals surface area contributed by atoms with E-state index in [1.165, 1.54) is 0 Å². The number of aromatic nitrogens is 1. The van der Waals surface area contributed by atoms with Gasteiger partial charge in [0, 0.05) is 6.42 Å². The Balaban J connectivity index is 1.82. The molecule has 0 radical (unpaired) electrons. The number of carbonyl (C=O) groups is 2. The predicted octanol–water partition coefficient (Wildman–Crippen LogP) is -0.171. The summed E-state index contributed by atoms with van der Waals surface area (Å²) in [5.41, 5.74) is -0.165. The zero-order valence-corrected chi connectivity index (χ0v) is 9.54.